The molecule has 1 aromatic carbocycles. The summed E-state index contributed by atoms with van der Waals surface area (Å²) in [6, 6.07) is 10.3. The van der Waals surface area contributed by atoms with Crippen molar-refractivity contribution in [3.63, 3.8) is 0 Å². The van der Waals surface area contributed by atoms with Gasteiger partial charge in [-0.2, -0.15) is 0 Å². The van der Waals surface area contributed by atoms with Crippen molar-refractivity contribution in [3.8, 4) is 0 Å². The number of hydrogen-bond acceptors (Lipinski definition) is 4. The van der Waals surface area contributed by atoms with Crippen LogP contribution in [-0.2, 0) is 6.42 Å². The second-order valence-corrected chi connectivity index (χ2v) is 5.45. The summed E-state index contributed by atoms with van der Waals surface area (Å²) >= 11 is 1.39. The Hall–Kier alpha value is -1.88. The fraction of sp³-hybridized carbons (Fsp3) is 0.286. The van der Waals surface area contributed by atoms with Gasteiger partial charge in [-0.25, -0.2) is 9.78 Å². The molecule has 0 aliphatic carbocycles. The third-order valence-electron chi connectivity index (χ3n) is 2.76. The monoisotopic (exact) mass is 276 g/mol. The number of nitrogens with zero attached hydrogens (tertiary/aromatic N) is 1. The quantitative estimate of drug-likeness (QED) is 0.795. The molecule has 0 radical (unpaired) electrons. The minimum atomic E-state index is -0.967. The van der Waals surface area contributed by atoms with Crippen LogP contribution in [0.15, 0.2) is 30.3 Å². The van der Waals surface area contributed by atoms with Gasteiger partial charge in [-0.15, -0.1) is 11.3 Å². The SMILES string of the molecule is Cc1sc(NCCCc2ccccc2)nc1C(=O)O. The van der Waals surface area contributed by atoms with Crippen LogP contribution in [-0.4, -0.2) is 22.6 Å². The second kappa shape index (κ2) is 6.33. The van der Waals surface area contributed by atoms with Gasteiger partial charge in [0.15, 0.2) is 10.8 Å². The van der Waals surface area contributed by atoms with Gasteiger partial charge >= 0.3 is 5.97 Å². The van der Waals surface area contributed by atoms with E-state index in [2.05, 4.69) is 22.4 Å². The molecule has 2 N–H and O–H groups in total. The van der Waals surface area contributed by atoms with Gasteiger partial charge in [-0.05, 0) is 25.3 Å². The molecule has 5 heteroatoms. The summed E-state index contributed by atoms with van der Waals surface area (Å²) in [6.45, 7) is 2.57. The molecule has 100 valence electrons. The molecule has 0 fully saturated rings. The Labute approximate surface area is 116 Å². The van der Waals surface area contributed by atoms with E-state index in [1.807, 2.05) is 18.2 Å². The highest BCUT2D eigenvalue weighted by molar-refractivity contribution is 7.15. The molecule has 0 unspecified atom stereocenters. The zero-order valence-corrected chi connectivity index (χ0v) is 11.5. The molecule has 0 spiro atoms. The molecule has 1 heterocycles. The lowest BCUT2D eigenvalue weighted by molar-refractivity contribution is 0.0690. The maximum atomic E-state index is 10.9. The van der Waals surface area contributed by atoms with Gasteiger partial charge in [-0.1, -0.05) is 30.3 Å². The Kier molecular flexibility index (Phi) is 4.52. The lowest BCUT2D eigenvalue weighted by Gasteiger charge is -2.02. The highest BCUT2D eigenvalue weighted by atomic mass is 32.1. The Balaban J connectivity index is 1.80. The molecule has 0 aliphatic rings. The van der Waals surface area contributed by atoms with E-state index in [1.165, 1.54) is 16.9 Å². The topological polar surface area (TPSA) is 62.2 Å². The predicted molar refractivity (Wildman–Crippen MR) is 77.1 cm³/mol. The molecule has 0 aliphatic heterocycles. The smallest absolute Gasteiger partial charge is 0.355 e. The van der Waals surface area contributed by atoms with E-state index in [1.54, 1.807) is 6.92 Å². The van der Waals surface area contributed by atoms with Crippen molar-refractivity contribution in [2.75, 3.05) is 11.9 Å². The molecule has 2 rings (SSSR count). The number of nitrogens with one attached hydrogen (secondary N) is 1. The number of carboxylic acids is 1. The number of anilines is 1. The minimum Gasteiger partial charge on any atom is -0.476 e. The van der Waals surface area contributed by atoms with Crippen LogP contribution in [0.1, 0.15) is 27.3 Å². The van der Waals surface area contributed by atoms with Gasteiger partial charge in [0, 0.05) is 11.4 Å². The third-order valence-corrected chi connectivity index (χ3v) is 3.69. The van der Waals surface area contributed by atoms with Crippen LogP contribution in [0.4, 0.5) is 5.13 Å². The first-order valence-electron chi connectivity index (χ1n) is 6.15. The normalized spacial score (nSPS) is 10.4. The summed E-state index contributed by atoms with van der Waals surface area (Å²) in [7, 11) is 0. The summed E-state index contributed by atoms with van der Waals surface area (Å²) in [4.78, 5) is 15.7. The molecule has 19 heavy (non-hydrogen) atoms. The lowest BCUT2D eigenvalue weighted by atomic mass is 10.1. The summed E-state index contributed by atoms with van der Waals surface area (Å²) in [5.41, 5.74) is 1.46. The number of carboxylic acid groups (broad SMARTS) is 1. The van der Waals surface area contributed by atoms with Crippen LogP contribution in [0, 0.1) is 6.92 Å². The zero-order valence-electron chi connectivity index (χ0n) is 10.7. The Bertz CT molecular complexity index is 552. The number of thiazole rings is 1. The second-order valence-electron chi connectivity index (χ2n) is 4.24. The van der Waals surface area contributed by atoms with Crippen molar-refractivity contribution < 1.29 is 9.90 Å². The maximum Gasteiger partial charge on any atom is 0.355 e. The predicted octanol–water partition coefficient (Wildman–Crippen LogP) is 3.19. The number of aromatic carboxylic acids is 1. The zero-order chi connectivity index (χ0) is 13.7. The molecule has 0 saturated heterocycles. The molecule has 4 nitrogen and oxygen atoms in total. The van der Waals surface area contributed by atoms with Gasteiger partial charge < -0.3 is 10.4 Å². The number of benzene rings is 1. The number of carbonyl (C=O) groups is 1. The summed E-state index contributed by atoms with van der Waals surface area (Å²) in [5, 5.41) is 12.8. The first kappa shape index (κ1) is 13.5. The minimum absolute atomic E-state index is 0.149. The van der Waals surface area contributed by atoms with Crippen LogP contribution < -0.4 is 5.32 Å². The summed E-state index contributed by atoms with van der Waals surface area (Å²) < 4.78 is 0. The van der Waals surface area contributed by atoms with Crippen molar-refractivity contribution in [3.05, 3.63) is 46.5 Å². The largest absolute Gasteiger partial charge is 0.476 e. The summed E-state index contributed by atoms with van der Waals surface area (Å²) in [5.74, 6) is -0.967. The van der Waals surface area contributed by atoms with Crippen molar-refractivity contribution in [1.82, 2.24) is 4.98 Å². The Morgan fingerprint density at radius 1 is 1.37 bits per heavy atom. The average molecular weight is 276 g/mol. The molecule has 0 amide bonds. The van der Waals surface area contributed by atoms with Crippen molar-refractivity contribution in [2.45, 2.75) is 19.8 Å². The molecule has 0 bridgehead atoms. The Morgan fingerprint density at radius 3 is 2.74 bits per heavy atom. The van der Waals surface area contributed by atoms with Crippen LogP contribution in [0.3, 0.4) is 0 Å². The number of aromatic nitrogens is 1. The highest BCUT2D eigenvalue weighted by Crippen LogP contribution is 2.21. The summed E-state index contributed by atoms with van der Waals surface area (Å²) in [6.07, 6.45) is 2.00. The Morgan fingerprint density at radius 2 is 2.11 bits per heavy atom. The third kappa shape index (κ3) is 3.79. The van der Waals surface area contributed by atoms with Gasteiger partial charge in [0.25, 0.3) is 0 Å². The van der Waals surface area contributed by atoms with Gasteiger partial charge in [0.2, 0.25) is 0 Å². The fourth-order valence-corrected chi connectivity index (χ4v) is 2.63. The first-order valence-corrected chi connectivity index (χ1v) is 6.97. The lowest BCUT2D eigenvalue weighted by Crippen LogP contribution is -2.04. The molecule has 2 aromatic rings. The number of rotatable bonds is 6. The van der Waals surface area contributed by atoms with E-state index in [-0.39, 0.29) is 5.69 Å². The van der Waals surface area contributed by atoms with Crippen LogP contribution >= 0.6 is 11.3 Å². The van der Waals surface area contributed by atoms with Crippen LogP contribution in [0.2, 0.25) is 0 Å². The standard InChI is InChI=1S/C14H16N2O2S/c1-10-12(13(17)18)16-14(19-10)15-9-5-8-11-6-3-2-4-7-11/h2-4,6-7H,5,8-9H2,1H3,(H,15,16)(H,17,18). The first-order chi connectivity index (χ1) is 9.16. The van der Waals surface area contributed by atoms with Crippen molar-refractivity contribution in [2.24, 2.45) is 0 Å². The van der Waals surface area contributed by atoms with E-state index < -0.39 is 5.97 Å². The molecule has 1 aromatic heterocycles. The van der Waals surface area contributed by atoms with E-state index in [4.69, 9.17) is 5.11 Å². The molecule has 0 saturated carbocycles. The average Bonchev–Trinajstić information content (AvgIpc) is 2.77. The van der Waals surface area contributed by atoms with Crippen molar-refractivity contribution in [1.29, 1.82) is 0 Å². The van der Waals surface area contributed by atoms with Crippen LogP contribution in [0.25, 0.3) is 0 Å². The molecular formula is C14H16N2O2S. The van der Waals surface area contributed by atoms with Gasteiger partial charge in [0.1, 0.15) is 0 Å². The number of hydrogen-bond donors (Lipinski definition) is 2. The highest BCUT2D eigenvalue weighted by Gasteiger charge is 2.13. The molecular weight excluding hydrogens is 260 g/mol. The maximum absolute atomic E-state index is 10.9. The fourth-order valence-electron chi connectivity index (χ4n) is 1.80. The van der Waals surface area contributed by atoms with Crippen LogP contribution in [0.5, 0.6) is 0 Å². The van der Waals surface area contributed by atoms with E-state index in [0.29, 0.717) is 5.13 Å². The number of aryl methyl sites for hydroxylation is 2. The van der Waals surface area contributed by atoms with E-state index in [0.717, 1.165) is 24.3 Å². The van der Waals surface area contributed by atoms with E-state index >= 15 is 0 Å². The van der Waals surface area contributed by atoms with Crippen molar-refractivity contribution >= 4 is 22.4 Å². The molecule has 0 atom stereocenters. The van der Waals surface area contributed by atoms with Gasteiger partial charge in [0.05, 0.1) is 0 Å². The van der Waals surface area contributed by atoms with Gasteiger partial charge in [-0.3, -0.25) is 0 Å². The van der Waals surface area contributed by atoms with E-state index in [9.17, 15) is 4.79 Å².